The van der Waals surface area contributed by atoms with Gasteiger partial charge in [-0.05, 0) is 45.0 Å². The molecule has 2 aromatic carbocycles. The summed E-state index contributed by atoms with van der Waals surface area (Å²) in [6.45, 7) is 5.43. The highest BCUT2D eigenvalue weighted by atomic mass is 35.5. The fourth-order valence-corrected chi connectivity index (χ4v) is 1.50. The lowest BCUT2D eigenvalue weighted by Crippen LogP contribution is -2.21. The van der Waals surface area contributed by atoms with Crippen molar-refractivity contribution in [2.75, 3.05) is 0 Å². The average molecular weight is 341 g/mol. The van der Waals surface area contributed by atoms with Crippen molar-refractivity contribution in [2.45, 2.75) is 26.4 Å². The molecule has 0 bridgehead atoms. The second-order valence-corrected chi connectivity index (χ2v) is 6.16. The number of carbonyl (C=O) groups is 1. The molecule has 2 rings (SSSR count). The molecule has 22 heavy (non-hydrogen) atoms. The van der Waals surface area contributed by atoms with E-state index < -0.39 is 11.6 Å². The summed E-state index contributed by atoms with van der Waals surface area (Å²) >= 11 is 11.2. The summed E-state index contributed by atoms with van der Waals surface area (Å²) in [4.78, 5) is 20.9. The van der Waals surface area contributed by atoms with Crippen LogP contribution < -0.4 is 0 Å². The van der Waals surface area contributed by atoms with Crippen molar-refractivity contribution in [3.8, 4) is 0 Å². The van der Waals surface area contributed by atoms with Gasteiger partial charge < -0.3 is 0 Å². The molecular weight excluding hydrogens is 323 g/mol. The number of halogens is 2. The molecule has 0 N–H and O–H groups in total. The van der Waals surface area contributed by atoms with Gasteiger partial charge in [0.15, 0.2) is 0 Å². The van der Waals surface area contributed by atoms with Gasteiger partial charge in [0.05, 0.1) is 15.6 Å². The van der Waals surface area contributed by atoms with E-state index in [1.807, 2.05) is 39.0 Å². The highest BCUT2D eigenvalue weighted by molar-refractivity contribution is 6.41. The average Bonchev–Trinajstić information content (AvgIpc) is 2.49. The Bertz CT molecular complexity index is 571. The molecule has 118 valence electrons. The second-order valence-electron chi connectivity index (χ2n) is 5.35. The molecular formula is C17H18Cl2O3. The molecule has 0 fully saturated rings. The molecule has 0 saturated heterocycles. The Hall–Kier alpha value is -1.55. The van der Waals surface area contributed by atoms with Crippen molar-refractivity contribution in [1.29, 1.82) is 0 Å². The van der Waals surface area contributed by atoms with E-state index in [0.29, 0.717) is 15.6 Å². The molecule has 0 heterocycles. The fraction of sp³-hybridized carbons (Fsp3) is 0.235. The van der Waals surface area contributed by atoms with Gasteiger partial charge in [0.25, 0.3) is 0 Å². The molecule has 2 aromatic rings. The molecule has 5 heteroatoms. The van der Waals surface area contributed by atoms with Crippen LogP contribution in [0.1, 0.15) is 31.1 Å². The van der Waals surface area contributed by atoms with E-state index in [9.17, 15) is 4.79 Å². The molecule has 0 aromatic heterocycles. The minimum atomic E-state index is -0.482. The SMILES string of the molecule is CC(C)(C)OOC(=O)c1ccccc1.Clc1ccccc1Cl. The largest absolute Gasteiger partial charge is 0.373 e. The smallest absolute Gasteiger partial charge is 0.292 e. The van der Waals surface area contributed by atoms with Gasteiger partial charge in [-0.15, -0.1) is 0 Å². The summed E-state index contributed by atoms with van der Waals surface area (Å²) in [6.07, 6.45) is 0. The van der Waals surface area contributed by atoms with Crippen molar-refractivity contribution in [1.82, 2.24) is 0 Å². The van der Waals surface area contributed by atoms with Crippen molar-refractivity contribution in [3.05, 3.63) is 70.2 Å². The number of hydrogen-bond acceptors (Lipinski definition) is 3. The van der Waals surface area contributed by atoms with Crippen LogP contribution in [-0.4, -0.2) is 11.6 Å². The first kappa shape index (κ1) is 18.5. The van der Waals surface area contributed by atoms with Gasteiger partial charge in [0.2, 0.25) is 0 Å². The van der Waals surface area contributed by atoms with E-state index in [1.165, 1.54) is 0 Å². The Morgan fingerprint density at radius 3 is 1.73 bits per heavy atom. The van der Waals surface area contributed by atoms with Gasteiger partial charge in [0, 0.05) is 0 Å². The lowest BCUT2D eigenvalue weighted by molar-refractivity contribution is -0.301. The quantitative estimate of drug-likeness (QED) is 0.529. The van der Waals surface area contributed by atoms with Gasteiger partial charge in [-0.1, -0.05) is 53.5 Å². The summed E-state index contributed by atoms with van der Waals surface area (Å²) in [5.41, 5.74) is 0.00140. The molecule has 0 atom stereocenters. The van der Waals surface area contributed by atoms with Crippen LogP contribution in [0.2, 0.25) is 10.0 Å². The molecule has 0 spiro atoms. The van der Waals surface area contributed by atoms with E-state index in [0.717, 1.165) is 0 Å². The van der Waals surface area contributed by atoms with E-state index in [4.69, 9.17) is 28.1 Å². The van der Waals surface area contributed by atoms with Gasteiger partial charge in [-0.25, -0.2) is 4.79 Å². The Labute approximate surface area is 140 Å². The Balaban J connectivity index is 0.000000255. The van der Waals surface area contributed by atoms with Crippen LogP contribution in [0.5, 0.6) is 0 Å². The van der Waals surface area contributed by atoms with Crippen molar-refractivity contribution in [3.63, 3.8) is 0 Å². The van der Waals surface area contributed by atoms with Gasteiger partial charge in [-0.2, -0.15) is 4.89 Å². The van der Waals surface area contributed by atoms with Gasteiger partial charge in [-0.3, -0.25) is 4.89 Å². The Morgan fingerprint density at radius 1 is 0.864 bits per heavy atom. The number of benzene rings is 2. The molecule has 0 radical (unpaired) electrons. The predicted molar refractivity (Wildman–Crippen MR) is 89.2 cm³/mol. The maximum atomic E-state index is 11.3. The summed E-state index contributed by atoms with van der Waals surface area (Å²) in [6, 6.07) is 15.9. The van der Waals surface area contributed by atoms with Crippen LogP contribution in [0.4, 0.5) is 0 Å². The monoisotopic (exact) mass is 340 g/mol. The molecule has 0 unspecified atom stereocenters. The standard InChI is InChI=1S/C11H14O3.C6H4Cl2/c1-11(2,3)14-13-10(12)9-7-5-4-6-8-9;7-5-3-1-2-4-6(5)8/h4-8H,1-3H3;1-4H. The van der Waals surface area contributed by atoms with Crippen LogP contribution in [0.3, 0.4) is 0 Å². The zero-order chi connectivity index (χ0) is 16.6. The van der Waals surface area contributed by atoms with Crippen molar-refractivity contribution in [2.24, 2.45) is 0 Å². The molecule has 0 aliphatic rings. The summed E-state index contributed by atoms with van der Waals surface area (Å²) in [5, 5.41) is 1.21. The third-order valence-electron chi connectivity index (χ3n) is 2.20. The Morgan fingerprint density at radius 2 is 1.32 bits per heavy atom. The first-order valence-electron chi connectivity index (χ1n) is 6.65. The van der Waals surface area contributed by atoms with Crippen LogP contribution in [-0.2, 0) is 9.78 Å². The third-order valence-corrected chi connectivity index (χ3v) is 2.96. The van der Waals surface area contributed by atoms with E-state index >= 15 is 0 Å². The molecule has 3 nitrogen and oxygen atoms in total. The molecule has 0 aliphatic heterocycles. The summed E-state index contributed by atoms with van der Waals surface area (Å²) < 4.78 is 0. The molecule has 0 amide bonds. The van der Waals surface area contributed by atoms with Crippen molar-refractivity contribution < 1.29 is 14.6 Å². The summed E-state index contributed by atoms with van der Waals surface area (Å²) in [5.74, 6) is -0.472. The van der Waals surface area contributed by atoms with Gasteiger partial charge >= 0.3 is 5.97 Å². The second kappa shape index (κ2) is 8.79. The van der Waals surface area contributed by atoms with E-state index in [2.05, 4.69) is 4.89 Å². The zero-order valence-corrected chi connectivity index (χ0v) is 14.2. The normalized spacial score (nSPS) is 10.4. The minimum Gasteiger partial charge on any atom is -0.292 e. The Kier molecular flexibility index (Phi) is 7.39. The first-order valence-corrected chi connectivity index (χ1v) is 7.40. The highest BCUT2D eigenvalue weighted by Gasteiger charge is 2.16. The lowest BCUT2D eigenvalue weighted by atomic mass is 10.2. The molecule has 0 saturated carbocycles. The van der Waals surface area contributed by atoms with Crippen LogP contribution in [0.25, 0.3) is 0 Å². The van der Waals surface area contributed by atoms with Crippen LogP contribution >= 0.6 is 23.2 Å². The third kappa shape index (κ3) is 7.46. The van der Waals surface area contributed by atoms with Crippen LogP contribution in [0.15, 0.2) is 54.6 Å². The summed E-state index contributed by atoms with van der Waals surface area (Å²) in [7, 11) is 0. The van der Waals surface area contributed by atoms with Crippen LogP contribution in [0, 0.1) is 0 Å². The number of rotatable bonds is 2. The highest BCUT2D eigenvalue weighted by Crippen LogP contribution is 2.19. The minimum absolute atomic E-state index is 0.472. The predicted octanol–water partition coefficient (Wildman–Crippen LogP) is 5.57. The topological polar surface area (TPSA) is 35.5 Å². The number of carbonyl (C=O) groups excluding carboxylic acids is 1. The maximum absolute atomic E-state index is 11.3. The fourth-order valence-electron chi connectivity index (χ4n) is 1.22. The maximum Gasteiger partial charge on any atom is 0.373 e. The number of hydrogen-bond donors (Lipinski definition) is 0. The van der Waals surface area contributed by atoms with Gasteiger partial charge in [0.1, 0.15) is 5.60 Å². The molecule has 0 aliphatic carbocycles. The zero-order valence-electron chi connectivity index (χ0n) is 12.7. The lowest BCUT2D eigenvalue weighted by Gasteiger charge is -2.16. The van der Waals surface area contributed by atoms with E-state index in [1.54, 1.807) is 36.4 Å². The van der Waals surface area contributed by atoms with E-state index in [-0.39, 0.29) is 0 Å². The first-order chi connectivity index (χ1) is 10.3. The van der Waals surface area contributed by atoms with Crippen molar-refractivity contribution >= 4 is 29.2 Å².